The lowest BCUT2D eigenvalue weighted by atomic mass is 10.1. The molecule has 0 aliphatic heterocycles. The molecule has 6 nitrogen and oxygen atoms in total. The van der Waals surface area contributed by atoms with Gasteiger partial charge < -0.3 is 10.1 Å². The maximum absolute atomic E-state index is 12.4. The number of ether oxygens (including phenoxy) is 1. The van der Waals surface area contributed by atoms with Crippen molar-refractivity contribution in [1.82, 2.24) is 20.3 Å². The Morgan fingerprint density at radius 2 is 1.92 bits per heavy atom. The molecule has 0 saturated carbocycles. The van der Waals surface area contributed by atoms with Crippen LogP contribution in [-0.2, 0) is 6.42 Å². The highest BCUT2D eigenvalue weighted by atomic mass is 32.1. The Labute approximate surface area is 156 Å². The van der Waals surface area contributed by atoms with E-state index in [1.807, 2.05) is 31.2 Å². The zero-order chi connectivity index (χ0) is 18.4. The van der Waals surface area contributed by atoms with Crippen molar-refractivity contribution in [2.45, 2.75) is 19.8 Å². The summed E-state index contributed by atoms with van der Waals surface area (Å²) in [6.45, 7) is 2.44. The minimum absolute atomic E-state index is 0.100. The van der Waals surface area contributed by atoms with Gasteiger partial charge in [-0.2, -0.15) is 0 Å². The van der Waals surface area contributed by atoms with E-state index < -0.39 is 0 Å². The highest BCUT2D eigenvalue weighted by molar-refractivity contribution is 7.17. The molecule has 2 heterocycles. The number of amides is 1. The van der Waals surface area contributed by atoms with E-state index in [0.29, 0.717) is 27.9 Å². The Hall–Kier alpha value is -2.80. The van der Waals surface area contributed by atoms with Crippen molar-refractivity contribution in [1.29, 1.82) is 0 Å². The number of thiazole rings is 1. The number of nitrogens with zero attached hydrogens (tertiary/aromatic N) is 3. The first-order valence-electron chi connectivity index (χ1n) is 8.33. The smallest absolute Gasteiger partial charge is 0.263 e. The van der Waals surface area contributed by atoms with E-state index in [4.69, 9.17) is 4.74 Å². The molecular formula is C19H20N4O2S. The number of carbonyl (C=O) groups is 1. The van der Waals surface area contributed by atoms with Gasteiger partial charge in [-0.25, -0.2) is 15.0 Å². The Morgan fingerprint density at radius 1 is 1.19 bits per heavy atom. The van der Waals surface area contributed by atoms with Gasteiger partial charge in [-0.05, 0) is 43.5 Å². The number of aryl methyl sites for hydroxylation is 2. The summed E-state index contributed by atoms with van der Waals surface area (Å²) in [6.07, 6.45) is 5.09. The van der Waals surface area contributed by atoms with E-state index in [1.165, 1.54) is 16.9 Å². The lowest BCUT2D eigenvalue weighted by molar-refractivity contribution is 0.0956. The first-order chi connectivity index (χ1) is 12.7. The van der Waals surface area contributed by atoms with E-state index in [2.05, 4.69) is 20.3 Å². The van der Waals surface area contributed by atoms with Crippen LogP contribution in [0.2, 0.25) is 0 Å². The molecule has 3 aromatic rings. The predicted octanol–water partition coefficient (Wildman–Crippen LogP) is 3.28. The fourth-order valence-corrected chi connectivity index (χ4v) is 3.41. The van der Waals surface area contributed by atoms with Gasteiger partial charge >= 0.3 is 0 Å². The number of carbonyl (C=O) groups excluding carboxylic acids is 1. The molecule has 0 aliphatic carbocycles. The van der Waals surface area contributed by atoms with Crippen LogP contribution in [0.1, 0.15) is 27.3 Å². The highest BCUT2D eigenvalue weighted by Gasteiger charge is 2.16. The minimum Gasteiger partial charge on any atom is -0.497 e. The van der Waals surface area contributed by atoms with Crippen molar-refractivity contribution in [3.8, 4) is 16.6 Å². The number of methoxy groups -OCH3 is 1. The van der Waals surface area contributed by atoms with E-state index in [9.17, 15) is 4.79 Å². The third-order valence-electron chi connectivity index (χ3n) is 3.85. The van der Waals surface area contributed by atoms with Gasteiger partial charge in [-0.3, -0.25) is 4.79 Å². The summed E-state index contributed by atoms with van der Waals surface area (Å²) in [5.41, 5.74) is 1.92. The number of nitrogens with one attached hydrogen (secondary N) is 1. The summed E-state index contributed by atoms with van der Waals surface area (Å²) >= 11 is 1.32. The van der Waals surface area contributed by atoms with Crippen LogP contribution < -0.4 is 10.1 Å². The molecule has 0 saturated heterocycles. The van der Waals surface area contributed by atoms with Crippen LogP contribution in [0.5, 0.6) is 5.75 Å². The predicted molar refractivity (Wildman–Crippen MR) is 102 cm³/mol. The van der Waals surface area contributed by atoms with Crippen LogP contribution in [0.4, 0.5) is 0 Å². The molecule has 0 atom stereocenters. The molecule has 0 spiro atoms. The lowest BCUT2D eigenvalue weighted by Crippen LogP contribution is -2.24. The number of hydrogen-bond acceptors (Lipinski definition) is 6. The number of rotatable bonds is 7. The molecule has 1 amide bonds. The van der Waals surface area contributed by atoms with E-state index >= 15 is 0 Å². The third kappa shape index (κ3) is 4.43. The molecule has 26 heavy (non-hydrogen) atoms. The van der Waals surface area contributed by atoms with Crippen molar-refractivity contribution in [3.63, 3.8) is 0 Å². The number of hydrogen-bond donors (Lipinski definition) is 1. The summed E-state index contributed by atoms with van der Waals surface area (Å²) < 4.78 is 5.15. The molecule has 0 unspecified atom stereocenters. The SMILES string of the molecule is COc1ccc(CCCNC(=O)c2sc(-c3ncccn3)nc2C)cc1. The molecule has 3 rings (SSSR count). The summed E-state index contributed by atoms with van der Waals surface area (Å²) in [5, 5.41) is 3.62. The molecule has 0 aliphatic rings. The fourth-order valence-electron chi connectivity index (χ4n) is 2.48. The zero-order valence-electron chi connectivity index (χ0n) is 14.7. The number of aromatic nitrogens is 3. The van der Waals surface area contributed by atoms with Gasteiger partial charge in [0.25, 0.3) is 5.91 Å². The fraction of sp³-hybridized carbons (Fsp3) is 0.263. The monoisotopic (exact) mass is 368 g/mol. The minimum atomic E-state index is -0.100. The summed E-state index contributed by atoms with van der Waals surface area (Å²) in [5.74, 6) is 1.29. The molecule has 0 bridgehead atoms. The topological polar surface area (TPSA) is 77.0 Å². The Morgan fingerprint density at radius 3 is 2.62 bits per heavy atom. The number of benzene rings is 1. The second kappa shape index (κ2) is 8.53. The molecule has 7 heteroatoms. The van der Waals surface area contributed by atoms with Crippen LogP contribution in [0.3, 0.4) is 0 Å². The Kier molecular flexibility index (Phi) is 5.91. The quantitative estimate of drug-likeness (QED) is 0.648. The molecule has 2 aromatic heterocycles. The van der Waals surface area contributed by atoms with Gasteiger partial charge in [-0.1, -0.05) is 12.1 Å². The van der Waals surface area contributed by atoms with Gasteiger partial charge in [0.1, 0.15) is 10.6 Å². The van der Waals surface area contributed by atoms with E-state index in [0.717, 1.165) is 18.6 Å². The molecule has 0 fully saturated rings. The maximum atomic E-state index is 12.4. The maximum Gasteiger partial charge on any atom is 0.263 e. The van der Waals surface area contributed by atoms with Crippen molar-refractivity contribution in [2.24, 2.45) is 0 Å². The van der Waals surface area contributed by atoms with E-state index in [1.54, 1.807) is 25.6 Å². The van der Waals surface area contributed by atoms with Gasteiger partial charge in [0, 0.05) is 18.9 Å². The van der Waals surface area contributed by atoms with Crippen molar-refractivity contribution >= 4 is 17.2 Å². The standard InChI is InChI=1S/C19H20N4O2S/c1-13-16(26-19(23-13)17-20-11-4-12-21-17)18(24)22-10-3-5-14-6-8-15(25-2)9-7-14/h4,6-9,11-12H,3,5,10H2,1-2H3,(H,22,24). The Balaban J connectivity index is 1.52. The van der Waals surface area contributed by atoms with Crippen LogP contribution in [0.25, 0.3) is 10.8 Å². The first-order valence-corrected chi connectivity index (χ1v) is 9.15. The summed E-state index contributed by atoms with van der Waals surface area (Å²) in [4.78, 5) is 25.8. The van der Waals surface area contributed by atoms with Crippen LogP contribution >= 0.6 is 11.3 Å². The van der Waals surface area contributed by atoms with Gasteiger partial charge in [-0.15, -0.1) is 11.3 Å². The second-order valence-corrected chi connectivity index (χ2v) is 6.71. The van der Waals surface area contributed by atoms with Gasteiger partial charge in [0.15, 0.2) is 10.8 Å². The second-order valence-electron chi connectivity index (χ2n) is 5.71. The van der Waals surface area contributed by atoms with Gasteiger partial charge in [0.05, 0.1) is 12.8 Å². The van der Waals surface area contributed by atoms with Crippen LogP contribution in [0, 0.1) is 6.92 Å². The molecule has 1 aromatic carbocycles. The molecular weight excluding hydrogens is 348 g/mol. The lowest BCUT2D eigenvalue weighted by Gasteiger charge is -2.05. The molecule has 134 valence electrons. The third-order valence-corrected chi connectivity index (χ3v) is 5.00. The largest absolute Gasteiger partial charge is 0.497 e. The zero-order valence-corrected chi connectivity index (χ0v) is 15.5. The summed E-state index contributed by atoms with van der Waals surface area (Å²) in [7, 11) is 1.65. The first kappa shape index (κ1) is 18.0. The van der Waals surface area contributed by atoms with Crippen LogP contribution in [-0.4, -0.2) is 34.5 Å². The van der Waals surface area contributed by atoms with Gasteiger partial charge in [0.2, 0.25) is 0 Å². The van der Waals surface area contributed by atoms with Crippen molar-refractivity contribution in [2.75, 3.05) is 13.7 Å². The molecule has 1 N–H and O–H groups in total. The summed E-state index contributed by atoms with van der Waals surface area (Å²) in [6, 6.07) is 9.73. The van der Waals surface area contributed by atoms with Crippen molar-refractivity contribution in [3.05, 3.63) is 58.9 Å². The Bertz CT molecular complexity index is 863. The van der Waals surface area contributed by atoms with Crippen LogP contribution in [0.15, 0.2) is 42.7 Å². The normalized spacial score (nSPS) is 10.5. The average Bonchev–Trinajstić information content (AvgIpc) is 3.08. The average molecular weight is 368 g/mol. The van der Waals surface area contributed by atoms with E-state index in [-0.39, 0.29) is 5.91 Å². The highest BCUT2D eigenvalue weighted by Crippen LogP contribution is 2.25. The van der Waals surface area contributed by atoms with Crippen molar-refractivity contribution < 1.29 is 9.53 Å². The molecule has 0 radical (unpaired) electrons.